The lowest BCUT2D eigenvalue weighted by Crippen LogP contribution is -2.70. The molecule has 142 valence electrons. The lowest BCUT2D eigenvalue weighted by atomic mass is 9.99. The minimum atomic E-state index is -6.24. The van der Waals surface area contributed by atoms with Crippen molar-refractivity contribution in [1.82, 2.24) is 5.32 Å². The summed E-state index contributed by atoms with van der Waals surface area (Å²) in [5.74, 6) is -4.60. The van der Waals surface area contributed by atoms with Crippen molar-refractivity contribution in [1.29, 1.82) is 0 Å². The molecule has 0 atom stereocenters. The van der Waals surface area contributed by atoms with Crippen LogP contribution in [0.2, 0.25) is 0 Å². The van der Waals surface area contributed by atoms with Gasteiger partial charge in [-0.2, -0.15) is 34.8 Å². The molecule has 0 aliphatic carbocycles. The second-order valence-corrected chi connectivity index (χ2v) is 8.68. The zero-order chi connectivity index (χ0) is 19.8. The zero-order valence-electron chi connectivity index (χ0n) is 11.5. The molecule has 0 aliphatic heterocycles. The molecule has 0 aromatic heterocycles. The third-order valence-corrected chi connectivity index (χ3v) is 4.86. The van der Waals surface area contributed by atoms with Crippen molar-refractivity contribution in [2.45, 2.75) is 17.9 Å². The Morgan fingerprint density at radius 3 is 1.72 bits per heavy atom. The highest BCUT2D eigenvalue weighted by molar-refractivity contribution is 14.1. The van der Waals surface area contributed by atoms with Gasteiger partial charge in [0.25, 0.3) is 16.0 Å². The zero-order valence-corrected chi connectivity index (χ0v) is 16.7. The third kappa shape index (κ3) is 5.56. The quantitative estimate of drug-likeness (QED) is 0.309. The molecule has 5 nitrogen and oxygen atoms in total. The Morgan fingerprint density at radius 2 is 1.40 bits per heavy atom. The number of benzene rings is 1. The van der Waals surface area contributed by atoms with E-state index < -0.39 is 45.2 Å². The van der Waals surface area contributed by atoms with Gasteiger partial charge >= 0.3 is 12.4 Å². The molecular weight excluding hydrogens is 610 g/mol. The van der Waals surface area contributed by atoms with Crippen LogP contribution in [0.4, 0.5) is 26.3 Å². The molecule has 0 radical (unpaired) electrons. The lowest BCUT2D eigenvalue weighted by Gasteiger charge is -2.36. The summed E-state index contributed by atoms with van der Waals surface area (Å²) in [6.45, 7) is 0. The molecule has 0 unspecified atom stereocenters. The van der Waals surface area contributed by atoms with Gasteiger partial charge in [-0.25, -0.2) is 0 Å². The van der Waals surface area contributed by atoms with E-state index in [4.69, 9.17) is 4.55 Å². The van der Waals surface area contributed by atoms with E-state index in [1.165, 1.54) is 6.07 Å². The number of alkyl halides is 6. The lowest BCUT2D eigenvalue weighted by molar-refractivity contribution is -0.296. The normalized spacial score (nSPS) is 13.6. The van der Waals surface area contributed by atoms with Crippen molar-refractivity contribution in [2.75, 3.05) is 5.75 Å². The molecule has 1 aromatic carbocycles. The molecule has 1 rings (SSSR count). The van der Waals surface area contributed by atoms with Crippen LogP contribution in [0.25, 0.3) is 0 Å². The summed E-state index contributed by atoms with van der Waals surface area (Å²) in [5, 5.41) is 0.703. The average molecular weight is 617 g/mol. The molecule has 0 spiro atoms. The number of amides is 1. The summed E-state index contributed by atoms with van der Waals surface area (Å²) in [5.41, 5.74) is -5.71. The standard InChI is InChI=1S/C11H7F6I2NO4S/c12-10(13,14)9(11(15,16)17,4-25(22,23)24)20-8(21)5-1-6(18)3-7(19)2-5/h1-3H,4H2,(H,20,21)(H,22,23,24). The van der Waals surface area contributed by atoms with Gasteiger partial charge in [0.15, 0.2) is 0 Å². The number of hydrogen-bond acceptors (Lipinski definition) is 3. The Bertz CT molecular complexity index is 744. The highest BCUT2D eigenvalue weighted by Gasteiger charge is 2.73. The first kappa shape index (κ1) is 22.7. The molecule has 25 heavy (non-hydrogen) atoms. The van der Waals surface area contributed by atoms with Crippen molar-refractivity contribution in [2.24, 2.45) is 0 Å². The summed E-state index contributed by atoms with van der Waals surface area (Å²) >= 11 is 3.38. The second-order valence-electron chi connectivity index (χ2n) is 4.74. The van der Waals surface area contributed by atoms with Crippen molar-refractivity contribution in [3.63, 3.8) is 0 Å². The summed E-state index contributed by atoms with van der Waals surface area (Å²) in [6.07, 6.45) is -12.5. The first-order valence-corrected chi connectivity index (χ1v) is 9.62. The molecule has 0 heterocycles. The minimum absolute atomic E-state index is 0.356. The fourth-order valence-corrected chi connectivity index (χ4v) is 4.61. The topological polar surface area (TPSA) is 83.5 Å². The number of halogens is 8. The maximum atomic E-state index is 13.1. The third-order valence-electron chi connectivity index (χ3n) is 2.82. The van der Waals surface area contributed by atoms with Crippen LogP contribution in [0.3, 0.4) is 0 Å². The second kappa shape index (κ2) is 7.34. The molecule has 2 N–H and O–H groups in total. The van der Waals surface area contributed by atoms with E-state index in [9.17, 15) is 39.6 Å². The highest BCUT2D eigenvalue weighted by atomic mass is 127. The van der Waals surface area contributed by atoms with Gasteiger partial charge in [0.1, 0.15) is 5.75 Å². The maximum Gasteiger partial charge on any atom is 0.421 e. The van der Waals surface area contributed by atoms with Gasteiger partial charge in [-0.1, -0.05) is 0 Å². The van der Waals surface area contributed by atoms with Gasteiger partial charge in [0, 0.05) is 12.7 Å². The SMILES string of the molecule is O=C(NC(CS(=O)(=O)O)(C(F)(F)F)C(F)(F)F)c1cc(I)cc(I)c1. The predicted molar refractivity (Wildman–Crippen MR) is 90.6 cm³/mol. The van der Waals surface area contributed by atoms with E-state index in [0.29, 0.717) is 12.5 Å². The fraction of sp³-hybridized carbons (Fsp3) is 0.364. The van der Waals surface area contributed by atoms with Gasteiger partial charge in [-0.3, -0.25) is 9.35 Å². The Balaban J connectivity index is 3.49. The Morgan fingerprint density at radius 1 is 1.00 bits per heavy atom. The predicted octanol–water partition coefficient (Wildman–Crippen LogP) is 3.38. The number of rotatable bonds is 4. The first-order chi connectivity index (χ1) is 11.0. The summed E-state index contributed by atoms with van der Waals surface area (Å²) in [4.78, 5) is 11.9. The summed E-state index contributed by atoms with van der Waals surface area (Å²) in [7, 11) is -5.75. The molecule has 0 bridgehead atoms. The molecule has 1 aromatic rings. The van der Waals surface area contributed by atoms with Crippen LogP contribution in [-0.2, 0) is 10.1 Å². The van der Waals surface area contributed by atoms with E-state index in [0.717, 1.165) is 12.1 Å². The fourth-order valence-electron chi connectivity index (χ4n) is 1.73. The first-order valence-electron chi connectivity index (χ1n) is 5.86. The number of carbonyl (C=O) groups is 1. The van der Waals surface area contributed by atoms with Crippen molar-refractivity contribution >= 4 is 61.2 Å². The van der Waals surface area contributed by atoms with Crippen LogP contribution in [0.15, 0.2) is 18.2 Å². The van der Waals surface area contributed by atoms with E-state index >= 15 is 0 Å². The molecule has 0 aliphatic rings. The van der Waals surface area contributed by atoms with Gasteiger partial charge in [-0.15, -0.1) is 0 Å². The number of hydrogen-bond donors (Lipinski definition) is 2. The van der Waals surface area contributed by atoms with Crippen LogP contribution in [0.1, 0.15) is 10.4 Å². The minimum Gasteiger partial charge on any atom is -0.330 e. The van der Waals surface area contributed by atoms with E-state index in [1.807, 2.05) is 0 Å². The van der Waals surface area contributed by atoms with Gasteiger partial charge in [0.2, 0.25) is 5.54 Å². The van der Waals surface area contributed by atoms with Crippen molar-refractivity contribution in [3.8, 4) is 0 Å². The summed E-state index contributed by atoms with van der Waals surface area (Å²) < 4.78 is 110. The van der Waals surface area contributed by atoms with Crippen molar-refractivity contribution in [3.05, 3.63) is 30.9 Å². The highest BCUT2D eigenvalue weighted by Crippen LogP contribution is 2.44. The Kier molecular flexibility index (Phi) is 6.66. The average Bonchev–Trinajstić information content (AvgIpc) is 2.32. The number of nitrogens with one attached hydrogen (secondary N) is 1. The smallest absolute Gasteiger partial charge is 0.330 e. The Labute approximate surface area is 164 Å². The molecule has 0 saturated carbocycles. The van der Waals surface area contributed by atoms with Gasteiger partial charge in [-0.05, 0) is 63.4 Å². The Hall–Kier alpha value is -0.360. The van der Waals surface area contributed by atoms with Crippen LogP contribution in [0.5, 0.6) is 0 Å². The maximum absolute atomic E-state index is 13.1. The van der Waals surface area contributed by atoms with Gasteiger partial charge in [0.05, 0.1) is 0 Å². The monoisotopic (exact) mass is 617 g/mol. The van der Waals surface area contributed by atoms with E-state index in [2.05, 4.69) is 0 Å². The van der Waals surface area contributed by atoms with E-state index in [-0.39, 0.29) is 0 Å². The molecule has 14 heteroatoms. The largest absolute Gasteiger partial charge is 0.421 e. The van der Waals surface area contributed by atoms with Gasteiger partial charge < -0.3 is 5.32 Å². The molecular formula is C11H7F6I2NO4S. The molecule has 0 saturated heterocycles. The molecule has 0 fully saturated rings. The van der Waals surface area contributed by atoms with Crippen LogP contribution in [0, 0.1) is 7.14 Å². The van der Waals surface area contributed by atoms with Crippen LogP contribution < -0.4 is 5.32 Å². The van der Waals surface area contributed by atoms with Crippen LogP contribution in [-0.4, -0.2) is 42.5 Å². The van der Waals surface area contributed by atoms with E-state index in [1.54, 1.807) is 45.2 Å². The van der Waals surface area contributed by atoms with Crippen LogP contribution >= 0.6 is 45.2 Å². The number of carbonyl (C=O) groups excluding carboxylic acids is 1. The molecule has 1 amide bonds. The van der Waals surface area contributed by atoms with Crippen molar-refractivity contribution < 1.29 is 44.1 Å². The summed E-state index contributed by atoms with van der Waals surface area (Å²) in [6, 6.07) is 3.53.